The standard InChI is InChI=1S/C12H23NO3S/c1-3-11-10-13(8-6-12(11)14)7-5-9-17(15,16)4-2/h11H,3-10H2,1-2H3. The van der Waals surface area contributed by atoms with Gasteiger partial charge in [-0.2, -0.15) is 0 Å². The minimum absolute atomic E-state index is 0.159. The molecule has 4 nitrogen and oxygen atoms in total. The first-order valence-electron chi connectivity index (χ1n) is 6.44. The van der Waals surface area contributed by atoms with Crippen LogP contribution in [0.2, 0.25) is 0 Å². The minimum atomic E-state index is -2.84. The third kappa shape index (κ3) is 4.76. The van der Waals surface area contributed by atoms with Gasteiger partial charge in [0.15, 0.2) is 0 Å². The lowest BCUT2D eigenvalue weighted by Crippen LogP contribution is -2.41. The van der Waals surface area contributed by atoms with Gasteiger partial charge in [0.2, 0.25) is 0 Å². The maximum absolute atomic E-state index is 11.5. The number of sulfone groups is 1. The monoisotopic (exact) mass is 261 g/mol. The van der Waals surface area contributed by atoms with E-state index < -0.39 is 9.84 Å². The van der Waals surface area contributed by atoms with Crippen LogP contribution in [0.1, 0.15) is 33.1 Å². The molecular formula is C12H23NO3S. The summed E-state index contributed by atoms with van der Waals surface area (Å²) in [6.07, 6.45) is 2.20. The van der Waals surface area contributed by atoms with E-state index in [1.807, 2.05) is 6.92 Å². The van der Waals surface area contributed by atoms with Crippen molar-refractivity contribution in [2.24, 2.45) is 5.92 Å². The fourth-order valence-corrected chi connectivity index (χ4v) is 3.05. The molecule has 0 aliphatic carbocycles. The zero-order valence-electron chi connectivity index (χ0n) is 10.8. The molecule has 0 saturated carbocycles. The zero-order chi connectivity index (χ0) is 12.9. The maximum atomic E-state index is 11.5. The van der Waals surface area contributed by atoms with Crippen LogP contribution in [0, 0.1) is 5.92 Å². The topological polar surface area (TPSA) is 54.5 Å². The third-order valence-electron chi connectivity index (χ3n) is 3.47. The van der Waals surface area contributed by atoms with Crippen LogP contribution in [-0.2, 0) is 14.6 Å². The molecule has 1 atom stereocenters. The fraction of sp³-hybridized carbons (Fsp3) is 0.917. The summed E-state index contributed by atoms with van der Waals surface area (Å²) in [5, 5.41) is 0. The van der Waals surface area contributed by atoms with Gasteiger partial charge >= 0.3 is 0 Å². The number of nitrogens with zero attached hydrogens (tertiary/aromatic N) is 1. The number of carbonyl (C=O) groups is 1. The molecule has 0 amide bonds. The largest absolute Gasteiger partial charge is 0.302 e. The van der Waals surface area contributed by atoms with Crippen LogP contribution in [0.4, 0.5) is 0 Å². The Morgan fingerprint density at radius 1 is 1.35 bits per heavy atom. The summed E-state index contributed by atoms with van der Waals surface area (Å²) in [6.45, 7) is 6.11. The van der Waals surface area contributed by atoms with Gasteiger partial charge in [0.05, 0.1) is 5.75 Å². The number of hydrogen-bond acceptors (Lipinski definition) is 4. The average molecular weight is 261 g/mol. The normalized spacial score (nSPS) is 22.9. The van der Waals surface area contributed by atoms with Crippen molar-refractivity contribution < 1.29 is 13.2 Å². The summed E-state index contributed by atoms with van der Waals surface area (Å²) >= 11 is 0. The predicted octanol–water partition coefficient (Wildman–Crippen LogP) is 1.11. The molecule has 1 heterocycles. The van der Waals surface area contributed by atoms with Crippen molar-refractivity contribution >= 4 is 15.6 Å². The van der Waals surface area contributed by atoms with Gasteiger partial charge in [-0.05, 0) is 19.4 Å². The summed E-state index contributed by atoms with van der Waals surface area (Å²) in [5.41, 5.74) is 0. The van der Waals surface area contributed by atoms with Crippen LogP contribution < -0.4 is 0 Å². The average Bonchev–Trinajstić information content (AvgIpc) is 2.31. The van der Waals surface area contributed by atoms with E-state index in [1.54, 1.807) is 6.92 Å². The van der Waals surface area contributed by atoms with Gasteiger partial charge in [-0.3, -0.25) is 4.79 Å². The number of rotatable bonds is 6. The van der Waals surface area contributed by atoms with Crippen molar-refractivity contribution in [3.05, 3.63) is 0 Å². The highest BCUT2D eigenvalue weighted by Gasteiger charge is 2.25. The highest BCUT2D eigenvalue weighted by Crippen LogP contribution is 2.16. The number of likely N-dealkylation sites (tertiary alicyclic amines) is 1. The van der Waals surface area contributed by atoms with Gasteiger partial charge < -0.3 is 4.90 Å². The van der Waals surface area contributed by atoms with Crippen LogP contribution >= 0.6 is 0 Å². The van der Waals surface area contributed by atoms with Crippen molar-refractivity contribution in [3.63, 3.8) is 0 Å². The summed E-state index contributed by atoms with van der Waals surface area (Å²) in [4.78, 5) is 13.8. The lowest BCUT2D eigenvalue weighted by molar-refractivity contribution is -0.126. The lowest BCUT2D eigenvalue weighted by Gasteiger charge is -2.31. The van der Waals surface area contributed by atoms with Gasteiger partial charge in [-0.15, -0.1) is 0 Å². The van der Waals surface area contributed by atoms with Gasteiger partial charge in [0.1, 0.15) is 15.6 Å². The molecule has 1 rings (SSSR count). The Kier molecular flexibility index (Phi) is 5.59. The number of piperidine rings is 1. The quantitative estimate of drug-likeness (QED) is 0.719. The molecular weight excluding hydrogens is 238 g/mol. The molecule has 1 fully saturated rings. The number of carbonyl (C=O) groups excluding carboxylic acids is 1. The van der Waals surface area contributed by atoms with E-state index in [2.05, 4.69) is 4.90 Å². The van der Waals surface area contributed by atoms with Crippen molar-refractivity contribution in [1.29, 1.82) is 0 Å². The molecule has 17 heavy (non-hydrogen) atoms. The van der Waals surface area contributed by atoms with Crippen LogP contribution in [0.5, 0.6) is 0 Å². The molecule has 1 aliphatic heterocycles. The Balaban J connectivity index is 2.31. The van der Waals surface area contributed by atoms with Crippen molar-refractivity contribution in [2.75, 3.05) is 31.1 Å². The molecule has 0 aromatic carbocycles. The van der Waals surface area contributed by atoms with Crippen molar-refractivity contribution in [1.82, 2.24) is 4.90 Å². The van der Waals surface area contributed by atoms with E-state index in [-0.39, 0.29) is 17.4 Å². The van der Waals surface area contributed by atoms with E-state index in [4.69, 9.17) is 0 Å². The highest BCUT2D eigenvalue weighted by atomic mass is 32.2. The van der Waals surface area contributed by atoms with E-state index >= 15 is 0 Å². The Morgan fingerprint density at radius 2 is 2.06 bits per heavy atom. The van der Waals surface area contributed by atoms with Gasteiger partial charge in [-0.1, -0.05) is 13.8 Å². The van der Waals surface area contributed by atoms with Crippen LogP contribution in [0.3, 0.4) is 0 Å². The molecule has 0 N–H and O–H groups in total. The van der Waals surface area contributed by atoms with Gasteiger partial charge in [0, 0.05) is 31.2 Å². The second kappa shape index (κ2) is 6.50. The lowest BCUT2D eigenvalue weighted by atomic mass is 9.94. The smallest absolute Gasteiger partial charge is 0.150 e. The Hall–Kier alpha value is -0.420. The van der Waals surface area contributed by atoms with E-state index in [0.29, 0.717) is 18.6 Å². The zero-order valence-corrected chi connectivity index (χ0v) is 11.6. The molecule has 5 heteroatoms. The first-order chi connectivity index (χ1) is 7.98. The molecule has 100 valence electrons. The molecule has 0 aromatic rings. The summed E-state index contributed by atoms with van der Waals surface area (Å²) in [5.74, 6) is 1.02. The van der Waals surface area contributed by atoms with Gasteiger partial charge in [0.25, 0.3) is 0 Å². The second-order valence-electron chi connectivity index (χ2n) is 4.71. The van der Waals surface area contributed by atoms with Crippen LogP contribution in [-0.4, -0.2) is 50.2 Å². The number of Topliss-reactive ketones (excluding diaryl/α,β-unsaturated/α-hetero) is 1. The first-order valence-corrected chi connectivity index (χ1v) is 8.26. The van der Waals surface area contributed by atoms with Crippen molar-refractivity contribution in [3.8, 4) is 0 Å². The molecule has 0 aromatic heterocycles. The summed E-state index contributed by atoms with van der Waals surface area (Å²) in [7, 11) is -2.84. The van der Waals surface area contributed by atoms with Crippen LogP contribution in [0.15, 0.2) is 0 Å². The first kappa shape index (κ1) is 14.6. The van der Waals surface area contributed by atoms with E-state index in [1.165, 1.54) is 0 Å². The fourth-order valence-electron chi connectivity index (χ4n) is 2.19. The number of ketones is 1. The molecule has 1 saturated heterocycles. The maximum Gasteiger partial charge on any atom is 0.150 e. The second-order valence-corrected chi connectivity index (χ2v) is 7.18. The molecule has 1 aliphatic rings. The Morgan fingerprint density at radius 3 is 2.65 bits per heavy atom. The third-order valence-corrected chi connectivity index (χ3v) is 5.26. The molecule has 1 unspecified atom stereocenters. The Labute approximate surface area is 104 Å². The summed E-state index contributed by atoms with van der Waals surface area (Å²) < 4.78 is 22.7. The summed E-state index contributed by atoms with van der Waals surface area (Å²) in [6, 6.07) is 0. The Bertz CT molecular complexity index is 351. The molecule has 0 bridgehead atoms. The van der Waals surface area contributed by atoms with Gasteiger partial charge in [-0.25, -0.2) is 8.42 Å². The van der Waals surface area contributed by atoms with Crippen LogP contribution in [0.25, 0.3) is 0 Å². The SMILES string of the molecule is CCC1CN(CCCS(=O)(=O)CC)CCC1=O. The molecule has 0 radical (unpaired) electrons. The van der Waals surface area contributed by atoms with Crippen molar-refractivity contribution in [2.45, 2.75) is 33.1 Å². The van der Waals surface area contributed by atoms with E-state index in [9.17, 15) is 13.2 Å². The minimum Gasteiger partial charge on any atom is -0.302 e. The highest BCUT2D eigenvalue weighted by molar-refractivity contribution is 7.91. The number of hydrogen-bond donors (Lipinski definition) is 0. The molecule has 0 spiro atoms. The van der Waals surface area contributed by atoms with E-state index in [0.717, 1.165) is 26.1 Å². The predicted molar refractivity (Wildman–Crippen MR) is 68.8 cm³/mol.